The van der Waals surface area contributed by atoms with E-state index in [1.165, 1.54) is 17.7 Å². The number of amides is 2. The van der Waals surface area contributed by atoms with Crippen molar-refractivity contribution < 1.29 is 9.18 Å². The summed E-state index contributed by atoms with van der Waals surface area (Å²) < 4.78 is 13.7. The molecule has 0 fully saturated rings. The molecular weight excluding hydrogens is 315 g/mol. The molecule has 0 aliphatic carbocycles. The molecule has 5 heteroatoms. The van der Waals surface area contributed by atoms with E-state index in [2.05, 4.69) is 29.7 Å². The fourth-order valence-corrected chi connectivity index (χ4v) is 2.45. The molecule has 0 saturated carbocycles. The third-order valence-corrected chi connectivity index (χ3v) is 3.78. The zero-order valence-corrected chi connectivity index (χ0v) is 14.0. The Kier molecular flexibility index (Phi) is 5.99. The Morgan fingerprint density at radius 2 is 1.91 bits per heavy atom. The Labute approximate surface area is 140 Å². The smallest absolute Gasteiger partial charge is 0.319 e. The minimum atomic E-state index is -0.566. The van der Waals surface area contributed by atoms with Crippen molar-refractivity contribution in [3.8, 4) is 0 Å². The number of aryl methyl sites for hydroxylation is 1. The molecule has 0 heterocycles. The quantitative estimate of drug-likeness (QED) is 0.764. The second-order valence-corrected chi connectivity index (χ2v) is 5.87. The van der Waals surface area contributed by atoms with Gasteiger partial charge < -0.3 is 10.6 Å². The number of rotatable bonds is 5. The van der Waals surface area contributed by atoms with Gasteiger partial charge in [0.05, 0.1) is 11.7 Å². The van der Waals surface area contributed by atoms with Crippen LogP contribution in [0.15, 0.2) is 42.5 Å². The lowest BCUT2D eigenvalue weighted by molar-refractivity contribution is 0.249. The summed E-state index contributed by atoms with van der Waals surface area (Å²) in [6, 6.07) is 11.6. The highest BCUT2D eigenvalue weighted by atomic mass is 35.5. The molecule has 2 amide bonds. The van der Waals surface area contributed by atoms with Crippen LogP contribution < -0.4 is 10.6 Å². The van der Waals surface area contributed by atoms with Crippen LogP contribution in [0.3, 0.4) is 0 Å². The van der Waals surface area contributed by atoms with Gasteiger partial charge in [-0.3, -0.25) is 0 Å². The van der Waals surface area contributed by atoms with Crippen molar-refractivity contribution in [3.63, 3.8) is 0 Å². The Hall–Kier alpha value is -2.07. The summed E-state index contributed by atoms with van der Waals surface area (Å²) in [6.45, 7) is 4.02. The molecule has 0 unspecified atom stereocenters. The van der Waals surface area contributed by atoms with Crippen LogP contribution in [0.5, 0.6) is 0 Å². The molecular formula is C18H20ClFN2O. The van der Waals surface area contributed by atoms with Crippen LogP contribution in [0.1, 0.15) is 37.4 Å². The molecule has 1 atom stereocenters. The Bertz CT molecular complexity index is 673. The van der Waals surface area contributed by atoms with Crippen molar-refractivity contribution in [1.29, 1.82) is 0 Å². The molecule has 2 N–H and O–H groups in total. The predicted molar refractivity (Wildman–Crippen MR) is 92.4 cm³/mol. The molecule has 0 saturated heterocycles. The maximum Gasteiger partial charge on any atom is 0.319 e. The van der Waals surface area contributed by atoms with E-state index in [1.807, 2.05) is 19.1 Å². The fraction of sp³-hybridized carbons (Fsp3) is 0.278. The first-order chi connectivity index (χ1) is 11.0. The van der Waals surface area contributed by atoms with Gasteiger partial charge in [-0.2, -0.15) is 0 Å². The number of halogens is 2. The number of benzene rings is 2. The van der Waals surface area contributed by atoms with Crippen LogP contribution in [0.25, 0.3) is 0 Å². The maximum atomic E-state index is 13.7. The molecule has 0 aromatic heterocycles. The molecule has 2 aromatic carbocycles. The summed E-state index contributed by atoms with van der Waals surface area (Å²) >= 11 is 5.68. The summed E-state index contributed by atoms with van der Waals surface area (Å²) in [5.74, 6) is -0.566. The van der Waals surface area contributed by atoms with E-state index in [0.29, 0.717) is 0 Å². The number of nitrogens with one attached hydrogen (secondary N) is 2. The third-order valence-electron chi connectivity index (χ3n) is 3.55. The van der Waals surface area contributed by atoms with Gasteiger partial charge >= 0.3 is 6.03 Å². The normalized spacial score (nSPS) is 11.8. The highest BCUT2D eigenvalue weighted by Crippen LogP contribution is 2.19. The van der Waals surface area contributed by atoms with Crippen LogP contribution in [-0.4, -0.2) is 6.03 Å². The van der Waals surface area contributed by atoms with E-state index in [0.717, 1.165) is 24.5 Å². The van der Waals surface area contributed by atoms with Crippen molar-refractivity contribution in [2.45, 2.75) is 32.7 Å². The van der Waals surface area contributed by atoms with Crippen molar-refractivity contribution in [1.82, 2.24) is 5.32 Å². The van der Waals surface area contributed by atoms with E-state index in [4.69, 9.17) is 11.6 Å². The van der Waals surface area contributed by atoms with Crippen LogP contribution in [0, 0.1) is 5.82 Å². The zero-order chi connectivity index (χ0) is 16.8. The van der Waals surface area contributed by atoms with Gasteiger partial charge in [0, 0.05) is 5.02 Å². The first kappa shape index (κ1) is 17.3. The van der Waals surface area contributed by atoms with E-state index < -0.39 is 11.8 Å². The van der Waals surface area contributed by atoms with Gasteiger partial charge in [-0.1, -0.05) is 49.2 Å². The zero-order valence-electron chi connectivity index (χ0n) is 13.2. The van der Waals surface area contributed by atoms with Crippen LogP contribution >= 0.6 is 11.6 Å². The standard InChI is InChI=1S/C18H20ClFN2O/c1-3-4-13-5-7-14(8-6-13)12(2)21-18(23)22-17-10-9-15(19)11-16(17)20/h5-12H,3-4H2,1-2H3,(H2,21,22,23)/t12-/m1/s1. The molecule has 0 bridgehead atoms. The molecule has 0 spiro atoms. The van der Waals surface area contributed by atoms with Crippen molar-refractivity contribution >= 4 is 23.3 Å². The van der Waals surface area contributed by atoms with Gasteiger partial charge in [0.25, 0.3) is 0 Å². The number of urea groups is 1. The largest absolute Gasteiger partial charge is 0.331 e. The van der Waals surface area contributed by atoms with Gasteiger partial charge in [0.1, 0.15) is 5.82 Å². The molecule has 122 valence electrons. The Balaban J connectivity index is 1.96. The van der Waals surface area contributed by atoms with Crippen LogP contribution in [0.2, 0.25) is 5.02 Å². The molecule has 0 radical (unpaired) electrons. The number of hydrogen-bond donors (Lipinski definition) is 2. The predicted octanol–water partition coefficient (Wildman–Crippen LogP) is 5.31. The van der Waals surface area contributed by atoms with Crippen LogP contribution in [0.4, 0.5) is 14.9 Å². The first-order valence-electron chi connectivity index (χ1n) is 7.61. The highest BCUT2D eigenvalue weighted by Gasteiger charge is 2.11. The molecule has 2 rings (SSSR count). The van der Waals surface area contributed by atoms with E-state index in [9.17, 15) is 9.18 Å². The summed E-state index contributed by atoms with van der Waals surface area (Å²) in [5, 5.41) is 5.56. The van der Waals surface area contributed by atoms with Gasteiger partial charge in [-0.25, -0.2) is 9.18 Å². The van der Waals surface area contributed by atoms with Crippen LogP contribution in [-0.2, 0) is 6.42 Å². The first-order valence-corrected chi connectivity index (χ1v) is 7.98. The second kappa shape index (κ2) is 7.97. The minimum absolute atomic E-state index is 0.0948. The summed E-state index contributed by atoms with van der Waals surface area (Å²) in [7, 11) is 0. The Morgan fingerprint density at radius 1 is 1.22 bits per heavy atom. The molecule has 3 nitrogen and oxygen atoms in total. The van der Waals surface area contributed by atoms with E-state index in [1.54, 1.807) is 0 Å². The van der Waals surface area contributed by atoms with Gasteiger partial charge in [0.15, 0.2) is 0 Å². The van der Waals surface area contributed by atoms with E-state index >= 15 is 0 Å². The number of hydrogen-bond acceptors (Lipinski definition) is 1. The fourth-order valence-electron chi connectivity index (χ4n) is 2.29. The highest BCUT2D eigenvalue weighted by molar-refractivity contribution is 6.30. The van der Waals surface area contributed by atoms with Gasteiger partial charge in [-0.05, 0) is 42.7 Å². The second-order valence-electron chi connectivity index (χ2n) is 5.44. The maximum absolute atomic E-state index is 13.7. The van der Waals surface area contributed by atoms with Crippen molar-refractivity contribution in [2.24, 2.45) is 0 Å². The average molecular weight is 335 g/mol. The lowest BCUT2D eigenvalue weighted by atomic mass is 10.0. The van der Waals surface area contributed by atoms with Gasteiger partial charge in [-0.15, -0.1) is 0 Å². The number of anilines is 1. The summed E-state index contributed by atoms with van der Waals surface area (Å²) in [4.78, 5) is 12.0. The average Bonchev–Trinajstić information content (AvgIpc) is 2.51. The lowest BCUT2D eigenvalue weighted by Gasteiger charge is -2.16. The molecule has 2 aromatic rings. The van der Waals surface area contributed by atoms with Crippen molar-refractivity contribution in [3.05, 3.63) is 64.4 Å². The molecule has 23 heavy (non-hydrogen) atoms. The number of carbonyl (C=O) groups is 1. The minimum Gasteiger partial charge on any atom is -0.331 e. The Morgan fingerprint density at radius 3 is 2.52 bits per heavy atom. The lowest BCUT2D eigenvalue weighted by Crippen LogP contribution is -2.31. The molecule has 0 aliphatic rings. The number of carbonyl (C=O) groups excluding carboxylic acids is 1. The summed E-state index contributed by atoms with van der Waals surface area (Å²) in [6.07, 6.45) is 2.14. The SMILES string of the molecule is CCCc1ccc([C@@H](C)NC(=O)Nc2ccc(Cl)cc2F)cc1. The summed E-state index contributed by atoms with van der Waals surface area (Å²) in [5.41, 5.74) is 2.37. The monoisotopic (exact) mass is 334 g/mol. The topological polar surface area (TPSA) is 41.1 Å². The third kappa shape index (κ3) is 4.96. The molecule has 0 aliphatic heterocycles. The van der Waals surface area contributed by atoms with E-state index in [-0.39, 0.29) is 16.8 Å². The van der Waals surface area contributed by atoms with Crippen molar-refractivity contribution in [2.75, 3.05) is 5.32 Å². The van der Waals surface area contributed by atoms with Gasteiger partial charge in [0.2, 0.25) is 0 Å².